The zero-order valence-electron chi connectivity index (χ0n) is 7.76. The predicted octanol–water partition coefficient (Wildman–Crippen LogP) is 2.72. The van der Waals surface area contributed by atoms with E-state index in [1.54, 1.807) is 0 Å². The maximum Gasteiger partial charge on any atom is 0.0408 e. The lowest BCUT2D eigenvalue weighted by Crippen LogP contribution is -2.17. The highest BCUT2D eigenvalue weighted by Gasteiger charge is 2.51. The van der Waals surface area contributed by atoms with Crippen molar-refractivity contribution >= 4 is 11.6 Å². The van der Waals surface area contributed by atoms with Gasteiger partial charge >= 0.3 is 0 Å². The third-order valence-corrected chi connectivity index (χ3v) is 3.40. The topological polar surface area (TPSA) is 26.0 Å². The van der Waals surface area contributed by atoms with Crippen molar-refractivity contribution in [2.75, 3.05) is 0 Å². The molecule has 2 atom stereocenters. The molecule has 0 bridgehead atoms. The number of hydrogen-bond donors (Lipinski definition) is 1. The van der Waals surface area contributed by atoms with Gasteiger partial charge in [-0.2, -0.15) is 0 Å². The van der Waals surface area contributed by atoms with Crippen molar-refractivity contribution in [3.05, 3.63) is 34.9 Å². The summed E-state index contributed by atoms with van der Waals surface area (Å²) in [5.74, 6) is 0. The molecule has 1 aliphatic rings. The van der Waals surface area contributed by atoms with Crippen LogP contribution in [0, 0.1) is 0 Å². The summed E-state index contributed by atoms with van der Waals surface area (Å²) in [6, 6.07) is 8.40. The average Bonchev–Trinajstić information content (AvgIpc) is 2.78. The summed E-state index contributed by atoms with van der Waals surface area (Å²) in [7, 11) is 0. The van der Waals surface area contributed by atoms with Gasteiger partial charge in [0.15, 0.2) is 0 Å². The highest BCUT2D eigenvalue weighted by Crippen LogP contribution is 2.49. The lowest BCUT2D eigenvalue weighted by atomic mass is 9.92. The maximum absolute atomic E-state index is 5.95. The predicted molar refractivity (Wildman–Crippen MR) is 56.0 cm³/mol. The van der Waals surface area contributed by atoms with Gasteiger partial charge in [-0.25, -0.2) is 0 Å². The lowest BCUT2D eigenvalue weighted by molar-refractivity contribution is 0.635. The molecule has 2 heteroatoms. The maximum atomic E-state index is 5.95. The second kappa shape index (κ2) is 3.00. The first-order valence-electron chi connectivity index (χ1n) is 4.70. The Kier molecular flexibility index (Phi) is 2.09. The molecule has 0 aromatic heterocycles. The molecule has 0 aliphatic heterocycles. The molecule has 0 saturated heterocycles. The van der Waals surface area contributed by atoms with Gasteiger partial charge in [-0.1, -0.05) is 30.7 Å². The monoisotopic (exact) mass is 195 g/mol. The molecule has 1 fully saturated rings. The molecule has 0 amide bonds. The van der Waals surface area contributed by atoms with Gasteiger partial charge in [0, 0.05) is 16.5 Å². The second-order valence-electron chi connectivity index (χ2n) is 3.83. The average molecular weight is 196 g/mol. The van der Waals surface area contributed by atoms with E-state index in [4.69, 9.17) is 17.3 Å². The standard InChI is InChI=1S/C11H14ClN/c1-2-11(7-10(11)13)8-4-3-5-9(12)6-8/h3-6,10H,2,7,13H2,1H3. The molecule has 2 rings (SSSR count). The first-order valence-corrected chi connectivity index (χ1v) is 5.08. The molecular formula is C11H14ClN. The van der Waals surface area contributed by atoms with Gasteiger partial charge in [-0.3, -0.25) is 0 Å². The summed E-state index contributed by atoms with van der Waals surface area (Å²) in [6.45, 7) is 2.19. The first-order chi connectivity index (χ1) is 6.19. The molecule has 1 aromatic rings. The number of rotatable bonds is 2. The Morgan fingerprint density at radius 1 is 1.62 bits per heavy atom. The Labute approximate surface area is 83.9 Å². The second-order valence-corrected chi connectivity index (χ2v) is 4.27. The van der Waals surface area contributed by atoms with Crippen molar-refractivity contribution < 1.29 is 0 Å². The van der Waals surface area contributed by atoms with Gasteiger partial charge in [0.05, 0.1) is 0 Å². The van der Waals surface area contributed by atoms with Gasteiger partial charge in [-0.05, 0) is 30.5 Å². The molecule has 13 heavy (non-hydrogen) atoms. The Balaban J connectivity index is 2.35. The largest absolute Gasteiger partial charge is 0.327 e. The number of halogens is 1. The van der Waals surface area contributed by atoms with Gasteiger partial charge in [-0.15, -0.1) is 0 Å². The summed E-state index contributed by atoms with van der Waals surface area (Å²) in [6.07, 6.45) is 2.21. The SMILES string of the molecule is CCC1(c2cccc(Cl)c2)CC1N. The normalized spacial score (nSPS) is 31.8. The fourth-order valence-electron chi connectivity index (χ4n) is 2.07. The zero-order chi connectivity index (χ0) is 9.47. The highest BCUT2D eigenvalue weighted by atomic mass is 35.5. The van der Waals surface area contributed by atoms with Crippen molar-refractivity contribution in [1.82, 2.24) is 0 Å². The molecule has 1 aliphatic carbocycles. The number of nitrogens with two attached hydrogens (primary N) is 1. The molecule has 0 spiro atoms. The van der Waals surface area contributed by atoms with Crippen LogP contribution in [0.3, 0.4) is 0 Å². The zero-order valence-corrected chi connectivity index (χ0v) is 8.51. The Bertz CT molecular complexity index is 320. The molecule has 0 radical (unpaired) electrons. The van der Waals surface area contributed by atoms with Crippen molar-refractivity contribution in [3.8, 4) is 0 Å². The summed E-state index contributed by atoms with van der Waals surface area (Å²) < 4.78 is 0. The minimum absolute atomic E-state index is 0.227. The van der Waals surface area contributed by atoms with Crippen LogP contribution in [0.4, 0.5) is 0 Å². The van der Waals surface area contributed by atoms with Gasteiger partial charge in [0.25, 0.3) is 0 Å². The third-order valence-electron chi connectivity index (χ3n) is 3.16. The van der Waals surface area contributed by atoms with E-state index in [0.29, 0.717) is 6.04 Å². The van der Waals surface area contributed by atoms with E-state index in [2.05, 4.69) is 13.0 Å². The van der Waals surface area contributed by atoms with Crippen molar-refractivity contribution in [2.24, 2.45) is 5.73 Å². The third kappa shape index (κ3) is 1.36. The fourth-order valence-corrected chi connectivity index (χ4v) is 2.26. The van der Waals surface area contributed by atoms with Crippen LogP contribution in [0.15, 0.2) is 24.3 Å². The van der Waals surface area contributed by atoms with Crippen LogP contribution in [0.1, 0.15) is 25.3 Å². The van der Waals surface area contributed by atoms with Crippen molar-refractivity contribution in [2.45, 2.75) is 31.2 Å². The molecule has 0 heterocycles. The molecule has 1 saturated carbocycles. The van der Waals surface area contributed by atoms with Crippen LogP contribution in [0.5, 0.6) is 0 Å². The summed E-state index contributed by atoms with van der Waals surface area (Å²) >= 11 is 5.94. The van der Waals surface area contributed by atoms with E-state index < -0.39 is 0 Å². The first kappa shape index (κ1) is 9.04. The Morgan fingerprint density at radius 2 is 2.31 bits per heavy atom. The van der Waals surface area contributed by atoms with Gasteiger partial charge in [0.1, 0.15) is 0 Å². The van der Waals surface area contributed by atoms with Crippen molar-refractivity contribution in [3.63, 3.8) is 0 Å². The lowest BCUT2D eigenvalue weighted by Gasteiger charge is -2.14. The van der Waals surface area contributed by atoms with Crippen LogP contribution < -0.4 is 5.73 Å². The van der Waals surface area contributed by atoms with E-state index >= 15 is 0 Å². The smallest absolute Gasteiger partial charge is 0.0408 e. The minimum Gasteiger partial charge on any atom is -0.327 e. The van der Waals surface area contributed by atoms with Crippen LogP contribution in [-0.2, 0) is 5.41 Å². The number of hydrogen-bond acceptors (Lipinski definition) is 1. The summed E-state index contributed by atoms with van der Waals surface area (Å²) in [5.41, 5.74) is 7.48. The van der Waals surface area contributed by atoms with Crippen LogP contribution in [0.2, 0.25) is 5.02 Å². The Hall–Kier alpha value is -0.530. The highest BCUT2D eigenvalue weighted by molar-refractivity contribution is 6.30. The molecule has 2 unspecified atom stereocenters. The van der Waals surface area contributed by atoms with Crippen LogP contribution in [0.25, 0.3) is 0 Å². The summed E-state index contributed by atoms with van der Waals surface area (Å²) in [4.78, 5) is 0. The molecular weight excluding hydrogens is 182 g/mol. The molecule has 70 valence electrons. The van der Waals surface area contributed by atoms with Gasteiger partial charge < -0.3 is 5.73 Å². The molecule has 2 N–H and O–H groups in total. The van der Waals surface area contributed by atoms with E-state index in [-0.39, 0.29) is 5.41 Å². The van der Waals surface area contributed by atoms with Crippen molar-refractivity contribution in [1.29, 1.82) is 0 Å². The van der Waals surface area contributed by atoms with E-state index in [9.17, 15) is 0 Å². The van der Waals surface area contributed by atoms with Gasteiger partial charge in [0.2, 0.25) is 0 Å². The Morgan fingerprint density at radius 3 is 2.77 bits per heavy atom. The fraction of sp³-hybridized carbons (Fsp3) is 0.455. The van der Waals surface area contributed by atoms with E-state index in [1.807, 2.05) is 18.2 Å². The molecule has 1 nitrogen and oxygen atoms in total. The number of benzene rings is 1. The molecule has 1 aromatic carbocycles. The van der Waals surface area contributed by atoms with E-state index in [1.165, 1.54) is 5.56 Å². The quantitative estimate of drug-likeness (QED) is 0.772. The van der Waals surface area contributed by atoms with E-state index in [0.717, 1.165) is 17.9 Å². The van der Waals surface area contributed by atoms with Crippen LogP contribution in [-0.4, -0.2) is 6.04 Å². The minimum atomic E-state index is 0.227. The summed E-state index contributed by atoms with van der Waals surface area (Å²) in [5, 5.41) is 0.810. The van der Waals surface area contributed by atoms with Crippen LogP contribution >= 0.6 is 11.6 Å².